The molecule has 4 rings (SSSR count). The van der Waals surface area contributed by atoms with Crippen LogP contribution in [0.1, 0.15) is 46.6 Å². The van der Waals surface area contributed by atoms with Gasteiger partial charge in [0.1, 0.15) is 5.69 Å². The lowest BCUT2D eigenvalue weighted by atomic mass is 10.1. The number of nitrogens with zero attached hydrogens (tertiary/aromatic N) is 4. The highest BCUT2D eigenvalue weighted by Crippen LogP contribution is 2.25. The number of amides is 2. The maximum absolute atomic E-state index is 12.9. The minimum Gasteiger partial charge on any atom is -0.449 e. The van der Waals surface area contributed by atoms with Crippen LogP contribution in [0.3, 0.4) is 0 Å². The Morgan fingerprint density at radius 2 is 2.00 bits per heavy atom. The highest BCUT2D eigenvalue weighted by Gasteiger charge is 2.23. The number of nitriles is 1. The molecule has 8 nitrogen and oxygen atoms in total. The zero-order valence-electron chi connectivity index (χ0n) is 15.9. The van der Waals surface area contributed by atoms with Gasteiger partial charge in [0.25, 0.3) is 11.8 Å². The Kier molecular flexibility index (Phi) is 5.29. The third-order valence-corrected chi connectivity index (χ3v) is 5.02. The van der Waals surface area contributed by atoms with Gasteiger partial charge in [-0.3, -0.25) is 9.59 Å². The van der Waals surface area contributed by atoms with Gasteiger partial charge in [-0.15, -0.1) is 0 Å². The summed E-state index contributed by atoms with van der Waals surface area (Å²) in [5.41, 5.74) is 1.92. The molecule has 1 aliphatic rings. The quantitative estimate of drug-likeness (QED) is 0.674. The van der Waals surface area contributed by atoms with Crippen LogP contribution in [0, 0.1) is 11.3 Å². The lowest BCUT2D eigenvalue weighted by Gasteiger charge is -2.26. The first kappa shape index (κ1) is 18.7. The van der Waals surface area contributed by atoms with Gasteiger partial charge in [-0.25, -0.2) is 4.52 Å². The number of carbonyl (C=O) groups excluding carboxylic acids is 2. The van der Waals surface area contributed by atoms with Gasteiger partial charge in [-0.2, -0.15) is 10.4 Å². The molecule has 0 atom stereocenters. The third-order valence-electron chi connectivity index (χ3n) is 5.02. The number of nitrogens with one attached hydrogen (secondary N) is 1. The molecule has 2 amide bonds. The van der Waals surface area contributed by atoms with E-state index in [0.717, 1.165) is 32.4 Å². The first-order valence-corrected chi connectivity index (χ1v) is 9.70. The molecule has 0 unspecified atom stereocenters. The van der Waals surface area contributed by atoms with Crippen molar-refractivity contribution in [2.75, 3.05) is 19.6 Å². The van der Waals surface area contributed by atoms with E-state index in [-0.39, 0.29) is 30.5 Å². The minimum atomic E-state index is -0.375. The van der Waals surface area contributed by atoms with Crippen LogP contribution in [0.4, 0.5) is 0 Å². The lowest BCUT2D eigenvalue weighted by molar-refractivity contribution is 0.0726. The fourth-order valence-electron chi connectivity index (χ4n) is 3.55. The van der Waals surface area contributed by atoms with Crippen molar-refractivity contribution in [1.29, 1.82) is 5.26 Å². The fraction of sp³-hybridized carbons (Fsp3) is 0.333. The average Bonchev–Trinajstić information content (AvgIpc) is 3.41. The first-order valence-electron chi connectivity index (χ1n) is 9.70. The molecule has 4 heterocycles. The second-order valence-corrected chi connectivity index (χ2v) is 6.95. The molecule has 0 radical (unpaired) electrons. The largest absolute Gasteiger partial charge is 0.449 e. The summed E-state index contributed by atoms with van der Waals surface area (Å²) in [4.78, 5) is 26.9. The molecule has 0 aliphatic carbocycles. The Bertz CT molecular complexity index is 1090. The van der Waals surface area contributed by atoms with Crippen LogP contribution in [0.5, 0.6) is 0 Å². The summed E-state index contributed by atoms with van der Waals surface area (Å²) in [5, 5.41) is 15.6. The topological polar surface area (TPSA) is 104 Å². The van der Waals surface area contributed by atoms with E-state index in [1.165, 1.54) is 0 Å². The summed E-state index contributed by atoms with van der Waals surface area (Å²) in [5.74, 6) is 0.252. The molecule has 29 heavy (non-hydrogen) atoms. The van der Waals surface area contributed by atoms with Crippen LogP contribution in [-0.2, 0) is 0 Å². The van der Waals surface area contributed by atoms with Crippen LogP contribution < -0.4 is 5.32 Å². The fourth-order valence-corrected chi connectivity index (χ4v) is 3.55. The molecule has 148 valence electrons. The minimum absolute atomic E-state index is 0.00569. The molecular weight excluding hydrogens is 370 g/mol. The summed E-state index contributed by atoms with van der Waals surface area (Å²) in [6, 6.07) is 10.8. The van der Waals surface area contributed by atoms with Gasteiger partial charge in [0.15, 0.2) is 11.5 Å². The smallest absolute Gasteiger partial charge is 0.287 e. The summed E-state index contributed by atoms with van der Waals surface area (Å²) in [6.07, 6.45) is 5.05. The van der Waals surface area contributed by atoms with E-state index in [1.807, 2.05) is 29.2 Å². The van der Waals surface area contributed by atoms with Gasteiger partial charge in [-0.05, 0) is 43.5 Å². The van der Waals surface area contributed by atoms with E-state index < -0.39 is 0 Å². The van der Waals surface area contributed by atoms with Gasteiger partial charge in [-0.1, -0.05) is 6.07 Å². The highest BCUT2D eigenvalue weighted by molar-refractivity contribution is 6.01. The number of furan rings is 1. The Hall–Kier alpha value is -3.60. The van der Waals surface area contributed by atoms with Crippen LogP contribution in [0.25, 0.3) is 17.0 Å². The van der Waals surface area contributed by atoms with Crippen LogP contribution in [-0.4, -0.2) is 46.0 Å². The van der Waals surface area contributed by atoms with Crippen LogP contribution in [0.15, 0.2) is 40.9 Å². The maximum Gasteiger partial charge on any atom is 0.287 e. The maximum atomic E-state index is 12.9. The van der Waals surface area contributed by atoms with Gasteiger partial charge >= 0.3 is 0 Å². The number of pyridine rings is 1. The second-order valence-electron chi connectivity index (χ2n) is 6.95. The van der Waals surface area contributed by atoms with Crippen LogP contribution in [0.2, 0.25) is 0 Å². The summed E-state index contributed by atoms with van der Waals surface area (Å²) in [7, 11) is 0. The predicted octanol–water partition coefficient (Wildman–Crippen LogP) is 2.86. The molecule has 3 aromatic heterocycles. The van der Waals surface area contributed by atoms with Crippen molar-refractivity contribution in [3.63, 3.8) is 0 Å². The molecular formula is C21H21N5O3. The number of carbonyl (C=O) groups is 2. The summed E-state index contributed by atoms with van der Waals surface area (Å²) >= 11 is 0. The molecule has 0 saturated carbocycles. The first-order chi connectivity index (χ1) is 14.2. The van der Waals surface area contributed by atoms with E-state index in [4.69, 9.17) is 9.68 Å². The van der Waals surface area contributed by atoms with Crippen molar-refractivity contribution in [2.45, 2.75) is 25.7 Å². The van der Waals surface area contributed by atoms with Gasteiger partial charge in [0.05, 0.1) is 29.8 Å². The molecule has 1 N–H and O–H groups in total. The Labute approximate surface area is 167 Å². The number of aromatic nitrogens is 2. The third kappa shape index (κ3) is 3.72. The lowest BCUT2D eigenvalue weighted by Crippen LogP contribution is -2.35. The van der Waals surface area contributed by atoms with Crippen LogP contribution >= 0.6 is 0 Å². The number of hydrogen-bond donors (Lipinski definition) is 1. The molecule has 3 aromatic rings. The number of hydrogen-bond acceptors (Lipinski definition) is 5. The normalized spacial score (nSPS) is 14.0. The monoisotopic (exact) mass is 391 g/mol. The van der Waals surface area contributed by atoms with Crippen molar-refractivity contribution in [2.24, 2.45) is 0 Å². The summed E-state index contributed by atoms with van der Waals surface area (Å²) < 4.78 is 7.37. The molecule has 0 bridgehead atoms. The Morgan fingerprint density at radius 3 is 2.79 bits per heavy atom. The van der Waals surface area contributed by atoms with E-state index in [0.29, 0.717) is 22.5 Å². The highest BCUT2D eigenvalue weighted by atomic mass is 16.4. The molecule has 1 aliphatic heterocycles. The SMILES string of the molecule is N#CCCNC(=O)c1ccc(-c2cccc3c(C(=O)N4CCCCC4)cnn23)o1. The van der Waals surface area contributed by atoms with Crippen molar-refractivity contribution in [1.82, 2.24) is 19.8 Å². The van der Waals surface area contributed by atoms with E-state index in [1.54, 1.807) is 22.8 Å². The molecule has 0 aromatic carbocycles. The number of piperidine rings is 1. The predicted molar refractivity (Wildman–Crippen MR) is 105 cm³/mol. The van der Waals surface area contributed by atoms with Gasteiger partial charge < -0.3 is 14.6 Å². The van der Waals surface area contributed by atoms with Gasteiger partial charge in [0, 0.05) is 19.6 Å². The zero-order chi connectivity index (χ0) is 20.2. The standard InChI is InChI=1S/C21H21N5O3/c22-10-5-11-23-20(27)19-9-8-18(29-19)17-7-4-6-16-15(14-24-26(16)17)21(28)25-12-2-1-3-13-25/h4,6-9,14H,1-3,5,11-13H2,(H,23,27). The molecule has 1 fully saturated rings. The molecule has 1 saturated heterocycles. The van der Waals surface area contributed by atoms with Crippen molar-refractivity contribution in [3.8, 4) is 17.5 Å². The van der Waals surface area contributed by atoms with E-state index in [2.05, 4.69) is 10.4 Å². The second kappa shape index (κ2) is 8.19. The molecule has 8 heteroatoms. The average molecular weight is 391 g/mol. The molecule has 0 spiro atoms. The van der Waals surface area contributed by atoms with Crippen molar-refractivity contribution in [3.05, 3.63) is 47.9 Å². The Morgan fingerprint density at radius 1 is 1.17 bits per heavy atom. The van der Waals surface area contributed by atoms with E-state index in [9.17, 15) is 9.59 Å². The number of likely N-dealkylation sites (tertiary alicyclic amines) is 1. The van der Waals surface area contributed by atoms with Crippen molar-refractivity contribution < 1.29 is 14.0 Å². The van der Waals surface area contributed by atoms with Gasteiger partial charge in [0.2, 0.25) is 0 Å². The number of rotatable bonds is 5. The van der Waals surface area contributed by atoms with Crippen molar-refractivity contribution >= 4 is 17.3 Å². The summed E-state index contributed by atoms with van der Waals surface area (Å²) in [6.45, 7) is 1.82. The number of fused-ring (bicyclic) bond motifs is 1. The Balaban J connectivity index is 1.61. The van der Waals surface area contributed by atoms with E-state index >= 15 is 0 Å². The zero-order valence-corrected chi connectivity index (χ0v) is 15.9.